The Labute approximate surface area is 113 Å². The first-order chi connectivity index (χ1) is 9.16. The van der Waals surface area contributed by atoms with Crippen molar-refractivity contribution in [2.45, 2.75) is 12.8 Å². The number of hydrogen-bond donors (Lipinski definition) is 1. The van der Waals surface area contributed by atoms with Crippen molar-refractivity contribution in [2.24, 2.45) is 5.92 Å². The predicted octanol–water partition coefficient (Wildman–Crippen LogP) is 0.557. The highest BCUT2D eigenvalue weighted by molar-refractivity contribution is 5.91. The molecule has 104 valence electrons. The van der Waals surface area contributed by atoms with Crippen LogP contribution in [-0.4, -0.2) is 54.8 Å². The average molecular weight is 264 g/mol. The second-order valence-corrected chi connectivity index (χ2v) is 4.96. The summed E-state index contributed by atoms with van der Waals surface area (Å²) in [5.74, 6) is 0.900. The van der Waals surface area contributed by atoms with E-state index in [0.29, 0.717) is 24.1 Å². The van der Waals surface area contributed by atoms with Crippen LogP contribution in [0, 0.1) is 5.92 Å². The minimum absolute atomic E-state index is 0.155. The predicted molar refractivity (Wildman–Crippen MR) is 71.1 cm³/mol. The van der Waals surface area contributed by atoms with Crippen LogP contribution in [0.4, 0.5) is 0 Å². The number of hydrogen-bond acceptors (Lipinski definition) is 5. The molecule has 1 aromatic rings. The van der Waals surface area contributed by atoms with Crippen molar-refractivity contribution in [1.29, 1.82) is 0 Å². The summed E-state index contributed by atoms with van der Waals surface area (Å²) in [5.41, 5.74) is 0.333. The summed E-state index contributed by atoms with van der Waals surface area (Å²) in [6, 6.07) is 3.35. The number of ether oxygens (including phenoxy) is 1. The first-order valence-corrected chi connectivity index (χ1v) is 6.55. The van der Waals surface area contributed by atoms with Gasteiger partial charge in [0, 0.05) is 20.2 Å². The topological polar surface area (TPSA) is 67.3 Å². The normalized spacial score (nSPS) is 16.1. The maximum Gasteiger partial charge on any atom is 0.273 e. The van der Waals surface area contributed by atoms with E-state index in [1.165, 1.54) is 4.90 Å². The molecule has 1 aliphatic heterocycles. The van der Waals surface area contributed by atoms with Crippen LogP contribution in [0.1, 0.15) is 23.3 Å². The first-order valence-electron chi connectivity index (χ1n) is 6.55. The van der Waals surface area contributed by atoms with Crippen LogP contribution >= 0.6 is 0 Å². The van der Waals surface area contributed by atoms with Crippen LogP contribution in [0.25, 0.3) is 0 Å². The van der Waals surface area contributed by atoms with E-state index in [-0.39, 0.29) is 5.91 Å². The standard InChI is InChI=1S/C13H20N4O2/c1-17(2)13(18)11-3-4-12(16-15-11)19-9-10-5-7-14-8-6-10/h3-4,10,14H,5-9H2,1-2H3. The lowest BCUT2D eigenvalue weighted by Gasteiger charge is -2.22. The maximum absolute atomic E-state index is 11.6. The number of nitrogens with one attached hydrogen (secondary N) is 1. The lowest BCUT2D eigenvalue weighted by atomic mass is 9.99. The molecule has 1 aliphatic rings. The highest BCUT2D eigenvalue weighted by Crippen LogP contribution is 2.14. The summed E-state index contributed by atoms with van der Waals surface area (Å²) < 4.78 is 5.61. The van der Waals surface area contributed by atoms with Crippen molar-refractivity contribution >= 4 is 5.91 Å². The molecule has 0 saturated carbocycles. The van der Waals surface area contributed by atoms with Gasteiger partial charge in [0.1, 0.15) is 0 Å². The summed E-state index contributed by atoms with van der Waals surface area (Å²) >= 11 is 0. The molecule has 19 heavy (non-hydrogen) atoms. The summed E-state index contributed by atoms with van der Waals surface area (Å²) in [6.45, 7) is 2.77. The molecule has 0 spiro atoms. The molecule has 0 aliphatic carbocycles. The summed E-state index contributed by atoms with van der Waals surface area (Å²) in [6.07, 6.45) is 2.26. The highest BCUT2D eigenvalue weighted by Gasteiger charge is 2.14. The molecule has 2 heterocycles. The molecule has 1 N–H and O–H groups in total. The number of nitrogens with zero attached hydrogens (tertiary/aromatic N) is 3. The van der Waals surface area contributed by atoms with Gasteiger partial charge in [-0.05, 0) is 37.9 Å². The van der Waals surface area contributed by atoms with Crippen LogP contribution in [-0.2, 0) is 0 Å². The lowest BCUT2D eigenvalue weighted by Crippen LogP contribution is -2.30. The first kappa shape index (κ1) is 13.7. The Balaban J connectivity index is 1.86. The number of aromatic nitrogens is 2. The molecule has 0 bridgehead atoms. The van der Waals surface area contributed by atoms with E-state index in [1.54, 1.807) is 26.2 Å². The Kier molecular flexibility index (Phi) is 4.68. The van der Waals surface area contributed by atoms with Gasteiger partial charge in [-0.15, -0.1) is 10.2 Å². The molecule has 1 aromatic heterocycles. The van der Waals surface area contributed by atoms with Crippen molar-refractivity contribution < 1.29 is 9.53 Å². The smallest absolute Gasteiger partial charge is 0.273 e. The van der Waals surface area contributed by atoms with E-state index in [4.69, 9.17) is 4.74 Å². The van der Waals surface area contributed by atoms with Crippen LogP contribution in [0.15, 0.2) is 12.1 Å². The Morgan fingerprint density at radius 1 is 1.37 bits per heavy atom. The van der Waals surface area contributed by atoms with Crippen molar-refractivity contribution in [1.82, 2.24) is 20.4 Å². The van der Waals surface area contributed by atoms with Gasteiger partial charge in [-0.3, -0.25) is 4.79 Å². The van der Waals surface area contributed by atoms with E-state index in [0.717, 1.165) is 25.9 Å². The molecule has 0 aromatic carbocycles. The lowest BCUT2D eigenvalue weighted by molar-refractivity contribution is 0.0820. The largest absolute Gasteiger partial charge is 0.476 e. The Hall–Kier alpha value is -1.69. The van der Waals surface area contributed by atoms with E-state index in [9.17, 15) is 4.79 Å². The minimum Gasteiger partial charge on any atom is -0.476 e. The number of carbonyl (C=O) groups excluding carboxylic acids is 1. The molecule has 1 amide bonds. The molecule has 1 saturated heterocycles. The summed E-state index contributed by atoms with van der Waals surface area (Å²) in [5, 5.41) is 11.1. The fourth-order valence-corrected chi connectivity index (χ4v) is 1.99. The molecule has 6 heteroatoms. The number of rotatable bonds is 4. The van der Waals surface area contributed by atoms with E-state index in [2.05, 4.69) is 15.5 Å². The van der Waals surface area contributed by atoms with Gasteiger partial charge in [-0.25, -0.2) is 0 Å². The molecule has 0 unspecified atom stereocenters. The van der Waals surface area contributed by atoms with Gasteiger partial charge in [0.25, 0.3) is 5.91 Å². The van der Waals surface area contributed by atoms with Crippen molar-refractivity contribution in [3.05, 3.63) is 17.8 Å². The zero-order valence-corrected chi connectivity index (χ0v) is 11.4. The zero-order valence-electron chi connectivity index (χ0n) is 11.4. The molecule has 0 radical (unpaired) electrons. The number of carbonyl (C=O) groups is 1. The SMILES string of the molecule is CN(C)C(=O)c1ccc(OCC2CCNCC2)nn1. The summed E-state index contributed by atoms with van der Waals surface area (Å²) in [4.78, 5) is 13.1. The van der Waals surface area contributed by atoms with Gasteiger partial charge < -0.3 is 15.0 Å². The van der Waals surface area contributed by atoms with Crippen LogP contribution in [0.3, 0.4) is 0 Å². The maximum atomic E-state index is 11.6. The zero-order chi connectivity index (χ0) is 13.7. The third-order valence-corrected chi connectivity index (χ3v) is 3.19. The van der Waals surface area contributed by atoms with E-state index >= 15 is 0 Å². The van der Waals surface area contributed by atoms with E-state index in [1.807, 2.05) is 0 Å². The monoisotopic (exact) mass is 264 g/mol. The Morgan fingerprint density at radius 3 is 2.68 bits per heavy atom. The number of amides is 1. The quantitative estimate of drug-likeness (QED) is 0.860. The number of piperidine rings is 1. The van der Waals surface area contributed by atoms with Crippen molar-refractivity contribution in [3.8, 4) is 5.88 Å². The van der Waals surface area contributed by atoms with Crippen molar-refractivity contribution in [3.63, 3.8) is 0 Å². The van der Waals surface area contributed by atoms with Crippen LogP contribution < -0.4 is 10.1 Å². The molecule has 2 rings (SSSR count). The third-order valence-electron chi connectivity index (χ3n) is 3.19. The molecular formula is C13H20N4O2. The second kappa shape index (κ2) is 6.47. The molecular weight excluding hydrogens is 244 g/mol. The third kappa shape index (κ3) is 3.89. The van der Waals surface area contributed by atoms with Gasteiger partial charge in [-0.1, -0.05) is 0 Å². The van der Waals surface area contributed by atoms with Gasteiger partial charge in [0.05, 0.1) is 6.61 Å². The fraction of sp³-hybridized carbons (Fsp3) is 0.615. The summed E-state index contributed by atoms with van der Waals surface area (Å²) in [7, 11) is 3.37. The van der Waals surface area contributed by atoms with Gasteiger partial charge in [0.15, 0.2) is 5.69 Å². The Bertz CT molecular complexity index is 413. The van der Waals surface area contributed by atoms with Gasteiger partial charge in [0.2, 0.25) is 5.88 Å². The van der Waals surface area contributed by atoms with Crippen molar-refractivity contribution in [2.75, 3.05) is 33.8 Å². The average Bonchev–Trinajstić information content (AvgIpc) is 2.46. The van der Waals surface area contributed by atoms with Crippen LogP contribution in [0.2, 0.25) is 0 Å². The van der Waals surface area contributed by atoms with Gasteiger partial charge in [-0.2, -0.15) is 0 Å². The minimum atomic E-state index is -0.155. The van der Waals surface area contributed by atoms with Gasteiger partial charge >= 0.3 is 0 Å². The Morgan fingerprint density at radius 2 is 2.11 bits per heavy atom. The molecule has 6 nitrogen and oxygen atoms in total. The molecule has 0 atom stereocenters. The van der Waals surface area contributed by atoms with Crippen LogP contribution in [0.5, 0.6) is 5.88 Å². The highest BCUT2D eigenvalue weighted by atomic mass is 16.5. The fourth-order valence-electron chi connectivity index (χ4n) is 1.99. The molecule has 1 fully saturated rings. The van der Waals surface area contributed by atoms with E-state index < -0.39 is 0 Å². The second-order valence-electron chi connectivity index (χ2n) is 4.96.